The second-order valence-electron chi connectivity index (χ2n) is 4.78. The van der Waals surface area contributed by atoms with Gasteiger partial charge in [-0.15, -0.1) is 11.3 Å². The summed E-state index contributed by atoms with van der Waals surface area (Å²) in [5, 5.41) is 5.86. The number of piperidine rings is 1. The summed E-state index contributed by atoms with van der Waals surface area (Å²) in [6.07, 6.45) is 2.01. The van der Waals surface area contributed by atoms with E-state index in [4.69, 9.17) is 9.26 Å². The van der Waals surface area contributed by atoms with Crippen molar-refractivity contribution in [1.82, 2.24) is 10.1 Å². The Kier molecular flexibility index (Phi) is 3.84. The monoisotopic (exact) mass is 292 g/mol. The van der Waals surface area contributed by atoms with Gasteiger partial charge in [0.1, 0.15) is 0 Å². The number of aromatic nitrogens is 1. The van der Waals surface area contributed by atoms with E-state index in [-0.39, 0.29) is 12.0 Å². The van der Waals surface area contributed by atoms with Crippen LogP contribution in [0.1, 0.15) is 23.3 Å². The third-order valence-electron chi connectivity index (χ3n) is 3.56. The average molecular weight is 292 g/mol. The van der Waals surface area contributed by atoms with E-state index >= 15 is 0 Å². The smallest absolute Gasteiger partial charge is 0.276 e. The first-order valence-electron chi connectivity index (χ1n) is 6.60. The van der Waals surface area contributed by atoms with Crippen LogP contribution in [-0.2, 0) is 4.74 Å². The zero-order valence-electron chi connectivity index (χ0n) is 11.2. The van der Waals surface area contributed by atoms with E-state index in [2.05, 4.69) is 5.16 Å². The summed E-state index contributed by atoms with van der Waals surface area (Å²) in [6, 6.07) is 5.61. The summed E-state index contributed by atoms with van der Waals surface area (Å²) in [4.78, 5) is 15.1. The topological polar surface area (TPSA) is 55.6 Å². The zero-order valence-corrected chi connectivity index (χ0v) is 12.1. The van der Waals surface area contributed by atoms with Crippen molar-refractivity contribution in [2.75, 3.05) is 20.2 Å². The first-order chi connectivity index (χ1) is 9.78. The fourth-order valence-electron chi connectivity index (χ4n) is 2.37. The van der Waals surface area contributed by atoms with Crippen molar-refractivity contribution in [2.45, 2.75) is 18.9 Å². The second kappa shape index (κ2) is 5.76. The molecule has 0 N–H and O–H groups in total. The Morgan fingerprint density at radius 1 is 1.50 bits per heavy atom. The zero-order chi connectivity index (χ0) is 13.9. The number of likely N-dealkylation sites (tertiary alicyclic amines) is 1. The highest BCUT2D eigenvalue weighted by molar-refractivity contribution is 7.13. The number of rotatable bonds is 3. The molecule has 3 rings (SSSR count). The maximum Gasteiger partial charge on any atom is 0.276 e. The number of thiophene rings is 1. The fraction of sp³-hybridized carbons (Fsp3) is 0.429. The third kappa shape index (κ3) is 2.62. The first kappa shape index (κ1) is 13.3. The third-order valence-corrected chi connectivity index (χ3v) is 4.44. The van der Waals surface area contributed by atoms with Gasteiger partial charge in [-0.3, -0.25) is 4.79 Å². The minimum atomic E-state index is -0.0638. The molecule has 0 saturated carbocycles. The molecular formula is C14H16N2O3S. The van der Waals surface area contributed by atoms with Gasteiger partial charge in [0, 0.05) is 26.3 Å². The van der Waals surface area contributed by atoms with Crippen LogP contribution in [0.5, 0.6) is 0 Å². The van der Waals surface area contributed by atoms with Crippen LogP contribution in [0, 0.1) is 0 Å². The molecule has 0 unspecified atom stereocenters. The Labute approximate surface area is 121 Å². The van der Waals surface area contributed by atoms with E-state index in [1.165, 1.54) is 0 Å². The van der Waals surface area contributed by atoms with Crippen LogP contribution < -0.4 is 0 Å². The summed E-state index contributed by atoms with van der Waals surface area (Å²) in [5.74, 6) is 0.584. The summed E-state index contributed by atoms with van der Waals surface area (Å²) >= 11 is 1.56. The highest BCUT2D eigenvalue weighted by Crippen LogP contribution is 2.26. The minimum absolute atomic E-state index is 0.0638. The lowest BCUT2D eigenvalue weighted by atomic mass is 10.1. The number of hydrogen-bond acceptors (Lipinski definition) is 5. The second-order valence-corrected chi connectivity index (χ2v) is 5.73. The largest absolute Gasteiger partial charge is 0.381 e. The van der Waals surface area contributed by atoms with Crippen molar-refractivity contribution in [2.24, 2.45) is 0 Å². The Morgan fingerprint density at radius 2 is 2.30 bits per heavy atom. The molecule has 2 aromatic rings. The van der Waals surface area contributed by atoms with Crippen molar-refractivity contribution < 1.29 is 14.1 Å². The van der Waals surface area contributed by atoms with Gasteiger partial charge in [-0.05, 0) is 24.3 Å². The van der Waals surface area contributed by atoms with Gasteiger partial charge in [0.2, 0.25) is 0 Å². The van der Waals surface area contributed by atoms with E-state index in [9.17, 15) is 4.79 Å². The van der Waals surface area contributed by atoms with Gasteiger partial charge in [-0.2, -0.15) is 0 Å². The van der Waals surface area contributed by atoms with Crippen LogP contribution in [0.3, 0.4) is 0 Å². The quantitative estimate of drug-likeness (QED) is 0.872. The van der Waals surface area contributed by atoms with Crippen LogP contribution in [-0.4, -0.2) is 42.3 Å². The lowest BCUT2D eigenvalue weighted by Gasteiger charge is -2.30. The number of amides is 1. The van der Waals surface area contributed by atoms with Gasteiger partial charge in [-0.1, -0.05) is 11.2 Å². The van der Waals surface area contributed by atoms with Gasteiger partial charge in [0.15, 0.2) is 11.5 Å². The van der Waals surface area contributed by atoms with Gasteiger partial charge in [0.05, 0.1) is 11.0 Å². The minimum Gasteiger partial charge on any atom is -0.381 e. The first-order valence-corrected chi connectivity index (χ1v) is 7.48. The molecule has 3 heterocycles. The summed E-state index contributed by atoms with van der Waals surface area (Å²) < 4.78 is 10.6. The fourth-order valence-corrected chi connectivity index (χ4v) is 3.04. The maximum absolute atomic E-state index is 12.3. The molecule has 1 aliphatic heterocycles. The molecule has 0 spiro atoms. The highest BCUT2D eigenvalue weighted by atomic mass is 32.1. The highest BCUT2D eigenvalue weighted by Gasteiger charge is 2.25. The predicted octanol–water partition coefficient (Wildman–Crippen LogP) is 2.65. The number of carbonyl (C=O) groups is 1. The lowest BCUT2D eigenvalue weighted by Crippen LogP contribution is -2.40. The molecule has 0 bridgehead atoms. The van der Waals surface area contributed by atoms with E-state index in [0.717, 1.165) is 17.7 Å². The number of carbonyl (C=O) groups excluding carboxylic acids is 1. The van der Waals surface area contributed by atoms with Crippen LogP contribution >= 0.6 is 11.3 Å². The molecule has 1 saturated heterocycles. The van der Waals surface area contributed by atoms with E-state index in [0.29, 0.717) is 24.5 Å². The molecule has 2 aromatic heterocycles. The van der Waals surface area contributed by atoms with Gasteiger partial charge >= 0.3 is 0 Å². The number of ether oxygens (including phenoxy) is 1. The number of nitrogens with zero attached hydrogens (tertiary/aromatic N) is 2. The van der Waals surface area contributed by atoms with Crippen molar-refractivity contribution in [3.05, 3.63) is 29.3 Å². The molecule has 0 aliphatic carbocycles. The van der Waals surface area contributed by atoms with E-state index < -0.39 is 0 Å². The number of methoxy groups -OCH3 is 1. The van der Waals surface area contributed by atoms with Gasteiger partial charge in [-0.25, -0.2) is 0 Å². The SMILES string of the molecule is COC1CCN(C(=O)c2cc(-c3cccs3)on2)CC1. The van der Waals surface area contributed by atoms with Gasteiger partial charge in [0.25, 0.3) is 5.91 Å². The molecule has 1 amide bonds. The maximum atomic E-state index is 12.3. The van der Waals surface area contributed by atoms with E-state index in [1.807, 2.05) is 22.4 Å². The standard InChI is InChI=1S/C14H16N2O3S/c1-18-10-4-6-16(7-5-10)14(17)11-9-12(19-15-11)13-3-2-8-20-13/h2-3,8-10H,4-7H2,1H3. The van der Waals surface area contributed by atoms with Crippen LogP contribution in [0.15, 0.2) is 28.1 Å². The molecule has 0 atom stereocenters. The van der Waals surface area contributed by atoms with E-state index in [1.54, 1.807) is 24.5 Å². The summed E-state index contributed by atoms with van der Waals surface area (Å²) in [6.45, 7) is 1.41. The normalized spacial score (nSPS) is 16.6. The molecule has 6 heteroatoms. The van der Waals surface area contributed by atoms with Gasteiger partial charge < -0.3 is 14.2 Å². The Bertz CT molecular complexity index is 571. The summed E-state index contributed by atoms with van der Waals surface area (Å²) in [7, 11) is 1.72. The Hall–Kier alpha value is -1.66. The van der Waals surface area contributed by atoms with Crippen LogP contribution in [0.4, 0.5) is 0 Å². The Balaban J connectivity index is 1.69. The molecule has 1 fully saturated rings. The van der Waals surface area contributed by atoms with Crippen molar-refractivity contribution in [1.29, 1.82) is 0 Å². The lowest BCUT2D eigenvalue weighted by molar-refractivity contribution is 0.0345. The molecule has 1 aliphatic rings. The van der Waals surface area contributed by atoms with Crippen molar-refractivity contribution >= 4 is 17.2 Å². The molecule has 20 heavy (non-hydrogen) atoms. The summed E-state index contributed by atoms with van der Waals surface area (Å²) in [5.41, 5.74) is 0.379. The Morgan fingerprint density at radius 3 is 2.95 bits per heavy atom. The van der Waals surface area contributed by atoms with Crippen molar-refractivity contribution in [3.63, 3.8) is 0 Å². The van der Waals surface area contributed by atoms with Crippen LogP contribution in [0.2, 0.25) is 0 Å². The predicted molar refractivity (Wildman–Crippen MR) is 75.8 cm³/mol. The van der Waals surface area contributed by atoms with Crippen molar-refractivity contribution in [3.8, 4) is 10.6 Å². The molecule has 5 nitrogen and oxygen atoms in total. The number of hydrogen-bond donors (Lipinski definition) is 0. The molecule has 0 radical (unpaired) electrons. The molecular weight excluding hydrogens is 276 g/mol. The molecule has 0 aromatic carbocycles. The van der Waals surface area contributed by atoms with Crippen LogP contribution in [0.25, 0.3) is 10.6 Å². The average Bonchev–Trinajstić information content (AvgIpc) is 3.17. The molecule has 106 valence electrons.